The van der Waals surface area contributed by atoms with Crippen molar-refractivity contribution in [2.75, 3.05) is 0 Å². The quantitative estimate of drug-likeness (QED) is 0.555. The van der Waals surface area contributed by atoms with Crippen LogP contribution in [0.15, 0.2) is 12.2 Å². The molecule has 1 N–H and O–H groups in total. The number of fused-ring (bicyclic) bond motifs is 1. The molecule has 0 radical (unpaired) electrons. The fourth-order valence-corrected chi connectivity index (χ4v) is 1.85. The van der Waals surface area contributed by atoms with Gasteiger partial charge in [0.2, 0.25) is 0 Å². The highest BCUT2D eigenvalue weighted by Gasteiger charge is 2.48. The molecule has 3 atom stereocenters. The number of allylic oxidation sites excluding steroid dienone is 1. The van der Waals surface area contributed by atoms with Crippen LogP contribution in [0.25, 0.3) is 0 Å². The largest absolute Gasteiger partial charge is 0.481 e. The molecule has 2 aliphatic carbocycles. The van der Waals surface area contributed by atoms with Crippen LogP contribution in [0, 0.1) is 17.8 Å². The van der Waals surface area contributed by atoms with E-state index in [1.165, 1.54) is 0 Å². The smallest absolute Gasteiger partial charge is 0.311 e. The molecule has 0 amide bonds. The van der Waals surface area contributed by atoms with Crippen molar-refractivity contribution in [2.45, 2.75) is 6.42 Å². The zero-order chi connectivity index (χ0) is 8.01. The number of carbonyl (C=O) groups excluding carboxylic acids is 1. The van der Waals surface area contributed by atoms with Gasteiger partial charge < -0.3 is 5.11 Å². The fourth-order valence-electron chi connectivity index (χ4n) is 1.85. The van der Waals surface area contributed by atoms with E-state index in [4.69, 9.17) is 5.11 Å². The molecule has 0 aliphatic heterocycles. The minimum Gasteiger partial charge on any atom is -0.481 e. The molecule has 3 unspecified atom stereocenters. The van der Waals surface area contributed by atoms with Crippen LogP contribution in [0.4, 0.5) is 0 Å². The van der Waals surface area contributed by atoms with E-state index < -0.39 is 11.9 Å². The first-order chi connectivity index (χ1) is 5.20. The molecule has 2 aliphatic rings. The molecule has 3 nitrogen and oxygen atoms in total. The zero-order valence-corrected chi connectivity index (χ0v) is 5.86. The lowest BCUT2D eigenvalue weighted by molar-refractivity contribution is -0.148. The van der Waals surface area contributed by atoms with Crippen molar-refractivity contribution < 1.29 is 14.7 Å². The summed E-state index contributed by atoms with van der Waals surface area (Å²) in [5.74, 6) is -1.31. The Hall–Kier alpha value is -1.12. The minimum absolute atomic E-state index is 0.104. The van der Waals surface area contributed by atoms with E-state index in [-0.39, 0.29) is 17.6 Å². The Morgan fingerprint density at radius 3 is 2.73 bits per heavy atom. The van der Waals surface area contributed by atoms with Crippen LogP contribution in [0.1, 0.15) is 6.42 Å². The van der Waals surface area contributed by atoms with Gasteiger partial charge in [0.25, 0.3) is 0 Å². The first kappa shape index (κ1) is 6.58. The van der Waals surface area contributed by atoms with Gasteiger partial charge in [-0.3, -0.25) is 9.59 Å². The third kappa shape index (κ3) is 0.737. The van der Waals surface area contributed by atoms with Gasteiger partial charge in [0.05, 0.1) is 5.92 Å². The van der Waals surface area contributed by atoms with Crippen LogP contribution in [-0.2, 0) is 9.59 Å². The number of hydrogen-bond donors (Lipinski definition) is 1. The van der Waals surface area contributed by atoms with Crippen molar-refractivity contribution >= 4 is 11.8 Å². The number of aliphatic carboxylic acids is 1. The van der Waals surface area contributed by atoms with E-state index in [0.717, 1.165) is 0 Å². The molecule has 0 aromatic carbocycles. The molecule has 3 heteroatoms. The second-order valence-corrected chi connectivity index (χ2v) is 3.11. The van der Waals surface area contributed by atoms with Gasteiger partial charge >= 0.3 is 5.97 Å². The lowest BCUT2D eigenvalue weighted by atomic mass is 9.71. The summed E-state index contributed by atoms with van der Waals surface area (Å²) in [6, 6.07) is 0. The highest BCUT2D eigenvalue weighted by molar-refractivity contribution is 5.94. The number of carboxylic acids is 1. The van der Waals surface area contributed by atoms with Gasteiger partial charge in [-0.05, 0) is 5.92 Å². The van der Waals surface area contributed by atoms with E-state index in [1.807, 2.05) is 6.08 Å². The lowest BCUT2D eigenvalue weighted by Crippen LogP contribution is -2.39. The van der Waals surface area contributed by atoms with Crippen molar-refractivity contribution in [1.29, 1.82) is 0 Å². The van der Waals surface area contributed by atoms with Crippen LogP contribution in [0.2, 0.25) is 0 Å². The Bertz CT molecular complexity index is 254. The van der Waals surface area contributed by atoms with E-state index >= 15 is 0 Å². The van der Waals surface area contributed by atoms with E-state index in [9.17, 15) is 9.59 Å². The monoisotopic (exact) mass is 152 g/mol. The number of carboxylic acid groups (broad SMARTS) is 1. The summed E-state index contributed by atoms with van der Waals surface area (Å²) in [6.07, 6.45) is 4.04. The van der Waals surface area contributed by atoms with E-state index in [0.29, 0.717) is 6.42 Å². The Morgan fingerprint density at radius 1 is 1.55 bits per heavy atom. The molecule has 58 valence electrons. The fraction of sp³-hybridized carbons (Fsp3) is 0.500. The molecular weight excluding hydrogens is 144 g/mol. The van der Waals surface area contributed by atoms with Crippen molar-refractivity contribution in [3.05, 3.63) is 12.2 Å². The predicted molar refractivity (Wildman–Crippen MR) is 36.9 cm³/mol. The molecule has 1 fully saturated rings. The molecule has 0 spiro atoms. The van der Waals surface area contributed by atoms with Crippen LogP contribution in [0.3, 0.4) is 0 Å². The highest BCUT2D eigenvalue weighted by atomic mass is 16.4. The molecule has 0 aromatic heterocycles. The summed E-state index contributed by atoms with van der Waals surface area (Å²) in [5, 5.41) is 8.65. The maximum absolute atomic E-state index is 10.9. The number of rotatable bonds is 1. The second kappa shape index (κ2) is 1.94. The third-order valence-electron chi connectivity index (χ3n) is 2.51. The Kier molecular flexibility index (Phi) is 1.16. The average molecular weight is 152 g/mol. The molecule has 1 saturated carbocycles. The van der Waals surface area contributed by atoms with Crippen molar-refractivity contribution in [2.24, 2.45) is 17.8 Å². The van der Waals surface area contributed by atoms with Gasteiger partial charge in [0.15, 0.2) is 0 Å². The Balaban J connectivity index is 2.20. The summed E-state index contributed by atoms with van der Waals surface area (Å²) in [7, 11) is 0. The summed E-state index contributed by atoms with van der Waals surface area (Å²) >= 11 is 0. The molecular formula is C8H8O3. The Morgan fingerprint density at radius 2 is 2.27 bits per heavy atom. The summed E-state index contributed by atoms with van der Waals surface area (Å²) in [5.41, 5.74) is 0. The third-order valence-corrected chi connectivity index (χ3v) is 2.51. The molecule has 0 saturated heterocycles. The van der Waals surface area contributed by atoms with Gasteiger partial charge in [-0.15, -0.1) is 0 Å². The SMILES string of the molecule is O=C(O)C1C=CC2CC(=O)C21. The maximum atomic E-state index is 10.9. The summed E-state index contributed by atoms with van der Waals surface area (Å²) < 4.78 is 0. The average Bonchev–Trinajstić information content (AvgIpc) is 2.25. The molecule has 0 bridgehead atoms. The predicted octanol–water partition coefficient (Wildman–Crippen LogP) is 0.462. The molecule has 0 heterocycles. The van der Waals surface area contributed by atoms with E-state index in [2.05, 4.69) is 0 Å². The van der Waals surface area contributed by atoms with Crippen LogP contribution >= 0.6 is 0 Å². The summed E-state index contributed by atoms with van der Waals surface area (Å²) in [4.78, 5) is 21.5. The van der Waals surface area contributed by atoms with Crippen LogP contribution < -0.4 is 0 Å². The topological polar surface area (TPSA) is 54.4 Å². The van der Waals surface area contributed by atoms with E-state index in [1.54, 1.807) is 6.08 Å². The zero-order valence-electron chi connectivity index (χ0n) is 5.86. The lowest BCUT2D eigenvalue weighted by Gasteiger charge is -2.30. The first-order valence-electron chi connectivity index (χ1n) is 3.64. The molecule has 0 aromatic rings. The maximum Gasteiger partial charge on any atom is 0.311 e. The number of carbonyl (C=O) groups is 2. The van der Waals surface area contributed by atoms with Crippen LogP contribution in [-0.4, -0.2) is 16.9 Å². The second-order valence-electron chi connectivity index (χ2n) is 3.11. The molecule has 2 rings (SSSR count). The minimum atomic E-state index is -0.873. The normalized spacial score (nSPS) is 40.0. The number of hydrogen-bond acceptors (Lipinski definition) is 2. The first-order valence-corrected chi connectivity index (χ1v) is 3.64. The van der Waals surface area contributed by atoms with Crippen LogP contribution in [0.5, 0.6) is 0 Å². The highest BCUT2D eigenvalue weighted by Crippen LogP contribution is 2.43. The van der Waals surface area contributed by atoms with Gasteiger partial charge in [-0.1, -0.05) is 12.2 Å². The van der Waals surface area contributed by atoms with Crippen molar-refractivity contribution in [3.63, 3.8) is 0 Å². The van der Waals surface area contributed by atoms with Crippen molar-refractivity contribution in [3.8, 4) is 0 Å². The number of Topliss-reactive ketones (excluding diaryl/α,β-unsaturated/α-hetero) is 1. The standard InChI is InChI=1S/C8H8O3/c9-6-3-4-1-2-5(7(4)6)8(10)11/h1-2,4-5,7H,3H2,(H,10,11). The summed E-state index contributed by atoms with van der Waals surface area (Å²) in [6.45, 7) is 0. The number of ketones is 1. The van der Waals surface area contributed by atoms with Gasteiger partial charge in [0, 0.05) is 12.3 Å². The van der Waals surface area contributed by atoms with Gasteiger partial charge in [-0.2, -0.15) is 0 Å². The van der Waals surface area contributed by atoms with Gasteiger partial charge in [-0.25, -0.2) is 0 Å². The van der Waals surface area contributed by atoms with Gasteiger partial charge in [0.1, 0.15) is 5.78 Å². The molecule has 11 heavy (non-hydrogen) atoms. The van der Waals surface area contributed by atoms with Crippen molar-refractivity contribution in [1.82, 2.24) is 0 Å². The Labute approximate surface area is 63.7 Å².